The molecule has 1 aliphatic rings. The molecular weight excluding hydrogens is 488 g/mol. The summed E-state index contributed by atoms with van der Waals surface area (Å²) in [6, 6.07) is 20.4. The van der Waals surface area contributed by atoms with Gasteiger partial charge in [-0.3, -0.25) is 14.7 Å². The van der Waals surface area contributed by atoms with Gasteiger partial charge in [0.25, 0.3) is 0 Å². The lowest BCUT2D eigenvalue weighted by molar-refractivity contribution is -0.117. The Kier molecular flexibility index (Phi) is 6.83. The van der Waals surface area contributed by atoms with E-state index in [1.165, 1.54) is 4.90 Å². The number of benzene rings is 3. The molecule has 0 bridgehead atoms. The Balaban J connectivity index is 1.46. The predicted molar refractivity (Wildman–Crippen MR) is 148 cm³/mol. The first kappa shape index (κ1) is 24.4. The number of rotatable bonds is 7. The van der Waals surface area contributed by atoms with Gasteiger partial charge >= 0.3 is 6.03 Å². The number of likely N-dealkylation sites (N-methyl/N-ethyl adjacent to an activating group) is 1. The standard InChI is InChI=1S/C28H27ClN6O2/c1-34-15-14-31-26(34)18-6-10-21(11-7-18)33-27(36)25(16-19-17-32-24-5-3-2-4-23(19)24)35(28(30)37)22-12-8-20(29)9-13-22/h2-13,17,25,32H,14-16H2,1H3,(H2,30,37)(H,33,36). The highest BCUT2D eigenvalue weighted by molar-refractivity contribution is 6.30. The number of amides is 3. The number of para-hydroxylation sites is 1. The van der Waals surface area contributed by atoms with Gasteiger partial charge in [0.1, 0.15) is 11.9 Å². The minimum atomic E-state index is -0.914. The number of H-pyrrole nitrogens is 1. The molecule has 1 atom stereocenters. The van der Waals surface area contributed by atoms with E-state index in [0.29, 0.717) is 16.4 Å². The van der Waals surface area contributed by atoms with Crippen LogP contribution in [0.3, 0.4) is 0 Å². The van der Waals surface area contributed by atoms with Crippen molar-refractivity contribution in [3.63, 3.8) is 0 Å². The number of aliphatic imine (C=N–C) groups is 1. The van der Waals surface area contributed by atoms with E-state index < -0.39 is 12.1 Å². The van der Waals surface area contributed by atoms with E-state index in [2.05, 4.69) is 20.2 Å². The van der Waals surface area contributed by atoms with Crippen molar-refractivity contribution in [3.8, 4) is 0 Å². The molecule has 0 saturated heterocycles. The number of halogens is 1. The molecule has 0 radical (unpaired) electrons. The van der Waals surface area contributed by atoms with Crippen molar-refractivity contribution in [2.24, 2.45) is 10.7 Å². The number of fused-ring (bicyclic) bond motifs is 1. The third-order valence-electron chi connectivity index (χ3n) is 6.51. The summed E-state index contributed by atoms with van der Waals surface area (Å²) in [7, 11) is 2.01. The number of primary amides is 1. The highest BCUT2D eigenvalue weighted by atomic mass is 35.5. The van der Waals surface area contributed by atoms with Gasteiger partial charge in [0.2, 0.25) is 5.91 Å². The molecule has 9 heteroatoms. The van der Waals surface area contributed by atoms with Crippen molar-refractivity contribution in [1.82, 2.24) is 9.88 Å². The van der Waals surface area contributed by atoms with Crippen LogP contribution in [0, 0.1) is 0 Å². The van der Waals surface area contributed by atoms with Crippen molar-refractivity contribution in [2.75, 3.05) is 30.4 Å². The van der Waals surface area contributed by atoms with Crippen LogP contribution in [-0.4, -0.2) is 53.8 Å². The fourth-order valence-corrected chi connectivity index (χ4v) is 4.77. The van der Waals surface area contributed by atoms with E-state index in [-0.39, 0.29) is 12.3 Å². The molecule has 4 N–H and O–H groups in total. The van der Waals surface area contributed by atoms with E-state index in [9.17, 15) is 9.59 Å². The van der Waals surface area contributed by atoms with Crippen LogP contribution in [0.25, 0.3) is 10.9 Å². The molecule has 0 fully saturated rings. The summed E-state index contributed by atoms with van der Waals surface area (Å²) >= 11 is 6.07. The molecule has 37 heavy (non-hydrogen) atoms. The topological polar surface area (TPSA) is 107 Å². The Labute approximate surface area is 219 Å². The Bertz CT molecular complexity index is 1460. The lowest BCUT2D eigenvalue weighted by Crippen LogP contribution is -2.51. The molecule has 4 aromatic rings. The minimum absolute atomic E-state index is 0.251. The molecule has 0 spiro atoms. The van der Waals surface area contributed by atoms with Gasteiger partial charge in [-0.15, -0.1) is 0 Å². The fourth-order valence-electron chi connectivity index (χ4n) is 4.64. The second kappa shape index (κ2) is 10.4. The van der Waals surface area contributed by atoms with Crippen molar-refractivity contribution in [3.05, 3.63) is 95.1 Å². The Hall–Kier alpha value is -4.30. The van der Waals surface area contributed by atoms with Gasteiger partial charge in [0.05, 0.1) is 6.54 Å². The van der Waals surface area contributed by atoms with Crippen LogP contribution in [-0.2, 0) is 11.2 Å². The molecule has 1 unspecified atom stereocenters. The number of nitrogens with one attached hydrogen (secondary N) is 2. The fraction of sp³-hybridized carbons (Fsp3) is 0.179. The minimum Gasteiger partial charge on any atom is -0.361 e. The van der Waals surface area contributed by atoms with Gasteiger partial charge in [0.15, 0.2) is 0 Å². The van der Waals surface area contributed by atoms with Gasteiger partial charge in [-0.25, -0.2) is 4.79 Å². The molecule has 0 aliphatic carbocycles. The smallest absolute Gasteiger partial charge is 0.320 e. The van der Waals surface area contributed by atoms with E-state index in [1.807, 2.05) is 61.8 Å². The molecule has 3 amide bonds. The van der Waals surface area contributed by atoms with E-state index in [4.69, 9.17) is 17.3 Å². The van der Waals surface area contributed by atoms with E-state index in [1.54, 1.807) is 24.3 Å². The average molecular weight is 515 g/mol. The van der Waals surface area contributed by atoms with Gasteiger partial charge in [-0.05, 0) is 60.2 Å². The number of carbonyl (C=O) groups is 2. The van der Waals surface area contributed by atoms with Crippen molar-refractivity contribution >= 4 is 51.7 Å². The number of aromatic amines is 1. The molecule has 2 heterocycles. The SMILES string of the molecule is CN1CCN=C1c1ccc(NC(=O)C(Cc2c[nH]c3ccccc23)N(C(N)=O)c2ccc(Cl)cc2)cc1. The number of urea groups is 1. The number of hydrogen-bond donors (Lipinski definition) is 3. The van der Waals surface area contributed by atoms with Gasteiger partial charge in [0, 0.05) is 59.1 Å². The molecule has 188 valence electrons. The summed E-state index contributed by atoms with van der Waals surface area (Å²) in [6.07, 6.45) is 2.11. The Morgan fingerprint density at radius 1 is 1.11 bits per heavy atom. The van der Waals surface area contributed by atoms with Crippen molar-refractivity contribution in [2.45, 2.75) is 12.5 Å². The van der Waals surface area contributed by atoms with Crippen LogP contribution >= 0.6 is 11.6 Å². The Morgan fingerprint density at radius 3 is 2.51 bits per heavy atom. The van der Waals surface area contributed by atoms with Gasteiger partial charge < -0.3 is 20.9 Å². The Morgan fingerprint density at radius 2 is 1.84 bits per heavy atom. The van der Waals surface area contributed by atoms with Crippen LogP contribution < -0.4 is 16.0 Å². The number of aromatic nitrogens is 1. The van der Waals surface area contributed by atoms with Crippen LogP contribution in [0.4, 0.5) is 16.2 Å². The molecule has 5 rings (SSSR count). The normalized spacial score (nSPS) is 13.9. The maximum absolute atomic E-state index is 13.7. The zero-order chi connectivity index (χ0) is 25.9. The first-order chi connectivity index (χ1) is 17.9. The van der Waals surface area contributed by atoms with Crippen LogP contribution in [0.15, 0.2) is 84.0 Å². The number of nitrogens with two attached hydrogens (primary N) is 1. The van der Waals surface area contributed by atoms with Gasteiger partial charge in [-0.2, -0.15) is 0 Å². The molecule has 1 aliphatic heterocycles. The maximum Gasteiger partial charge on any atom is 0.320 e. The monoisotopic (exact) mass is 514 g/mol. The summed E-state index contributed by atoms with van der Waals surface area (Å²) < 4.78 is 0. The first-order valence-corrected chi connectivity index (χ1v) is 12.3. The maximum atomic E-state index is 13.7. The number of nitrogens with zero attached hydrogens (tertiary/aromatic N) is 3. The third-order valence-corrected chi connectivity index (χ3v) is 6.77. The van der Waals surface area contributed by atoms with Crippen LogP contribution in [0.2, 0.25) is 5.02 Å². The number of carbonyl (C=O) groups excluding carboxylic acids is 2. The number of amidine groups is 1. The van der Waals surface area contributed by atoms with Crippen molar-refractivity contribution < 1.29 is 9.59 Å². The second-order valence-electron chi connectivity index (χ2n) is 8.96. The summed E-state index contributed by atoms with van der Waals surface area (Å²) in [6.45, 7) is 1.66. The molecule has 0 saturated carbocycles. The molecule has 3 aromatic carbocycles. The summed E-state index contributed by atoms with van der Waals surface area (Å²) in [5.41, 5.74) is 9.75. The van der Waals surface area contributed by atoms with Crippen molar-refractivity contribution in [1.29, 1.82) is 0 Å². The summed E-state index contributed by atoms with van der Waals surface area (Å²) in [5, 5.41) is 4.47. The second-order valence-corrected chi connectivity index (χ2v) is 9.39. The molecular formula is C28H27ClN6O2. The van der Waals surface area contributed by atoms with Crippen LogP contribution in [0.1, 0.15) is 11.1 Å². The number of anilines is 2. The van der Waals surface area contributed by atoms with Gasteiger partial charge in [-0.1, -0.05) is 29.8 Å². The predicted octanol–water partition coefficient (Wildman–Crippen LogP) is 4.65. The third kappa shape index (κ3) is 5.15. The number of hydrogen-bond acceptors (Lipinski definition) is 4. The van der Waals surface area contributed by atoms with Crippen LogP contribution in [0.5, 0.6) is 0 Å². The zero-order valence-electron chi connectivity index (χ0n) is 20.3. The largest absolute Gasteiger partial charge is 0.361 e. The lowest BCUT2D eigenvalue weighted by Gasteiger charge is -2.29. The van der Waals surface area contributed by atoms with E-state index >= 15 is 0 Å². The highest BCUT2D eigenvalue weighted by Gasteiger charge is 2.31. The summed E-state index contributed by atoms with van der Waals surface area (Å²) in [5.74, 6) is 0.569. The lowest BCUT2D eigenvalue weighted by atomic mass is 10.0. The highest BCUT2D eigenvalue weighted by Crippen LogP contribution is 2.26. The molecule has 8 nitrogen and oxygen atoms in total. The molecule has 1 aromatic heterocycles. The van der Waals surface area contributed by atoms with E-state index in [0.717, 1.165) is 41.0 Å². The average Bonchev–Trinajstić information content (AvgIpc) is 3.51. The zero-order valence-corrected chi connectivity index (χ0v) is 21.1. The first-order valence-electron chi connectivity index (χ1n) is 12.0. The quantitative estimate of drug-likeness (QED) is 0.334. The summed E-state index contributed by atoms with van der Waals surface area (Å²) in [4.78, 5) is 37.6.